The number of likely N-dealkylation sites (tertiary alicyclic amines) is 2. The van der Waals surface area contributed by atoms with E-state index < -0.39 is 24.3 Å². The maximum absolute atomic E-state index is 14.9. The topological polar surface area (TPSA) is 125 Å². The zero-order valence-corrected chi connectivity index (χ0v) is 24.4. The van der Waals surface area contributed by atoms with Crippen LogP contribution in [0.4, 0.5) is 21.7 Å². The van der Waals surface area contributed by atoms with Crippen LogP contribution in [0.2, 0.25) is 0 Å². The molecule has 3 aromatic rings. The quantitative estimate of drug-likeness (QED) is 0.340. The van der Waals surface area contributed by atoms with Crippen molar-refractivity contribution < 1.29 is 23.8 Å². The summed E-state index contributed by atoms with van der Waals surface area (Å²) >= 11 is 0. The molecular formula is C31H38FN7O4. The fourth-order valence-electron chi connectivity index (χ4n) is 6.02. The lowest BCUT2D eigenvalue weighted by Crippen LogP contribution is -2.51. The van der Waals surface area contributed by atoms with Crippen molar-refractivity contribution in [2.24, 2.45) is 0 Å². The molecule has 3 aliphatic heterocycles. The van der Waals surface area contributed by atoms with Crippen molar-refractivity contribution in [2.45, 2.75) is 56.6 Å². The van der Waals surface area contributed by atoms with E-state index in [9.17, 15) is 14.3 Å². The highest BCUT2D eigenvalue weighted by atomic mass is 19.1. The molecule has 3 fully saturated rings. The second-order valence-electron chi connectivity index (χ2n) is 11.3. The molecule has 0 aliphatic carbocycles. The van der Waals surface area contributed by atoms with Crippen LogP contribution in [0.1, 0.15) is 37.8 Å². The van der Waals surface area contributed by atoms with Crippen molar-refractivity contribution in [1.82, 2.24) is 24.8 Å². The van der Waals surface area contributed by atoms with Crippen molar-refractivity contribution in [2.75, 3.05) is 50.5 Å². The first-order valence-corrected chi connectivity index (χ1v) is 14.9. The molecule has 4 heterocycles. The van der Waals surface area contributed by atoms with Gasteiger partial charge in [-0.05, 0) is 62.2 Å². The van der Waals surface area contributed by atoms with Gasteiger partial charge < -0.3 is 30.1 Å². The molecule has 1 amide bonds. The zero-order valence-electron chi connectivity index (χ0n) is 24.4. The van der Waals surface area contributed by atoms with Crippen LogP contribution in [0, 0.1) is 0 Å². The Hall–Kier alpha value is -3.87. The Morgan fingerprint density at radius 3 is 2.65 bits per heavy atom. The van der Waals surface area contributed by atoms with E-state index >= 15 is 0 Å². The molecule has 0 saturated carbocycles. The van der Waals surface area contributed by atoms with E-state index in [-0.39, 0.29) is 6.54 Å². The van der Waals surface area contributed by atoms with Crippen LogP contribution in [-0.4, -0.2) is 100 Å². The van der Waals surface area contributed by atoms with E-state index in [1.807, 2.05) is 12.1 Å². The van der Waals surface area contributed by atoms with Crippen LogP contribution in [-0.2, 0) is 9.53 Å². The van der Waals surface area contributed by atoms with Crippen LogP contribution in [0.3, 0.4) is 0 Å². The summed E-state index contributed by atoms with van der Waals surface area (Å²) in [6, 6.07) is 14.9. The Kier molecular flexibility index (Phi) is 8.68. The van der Waals surface area contributed by atoms with Crippen LogP contribution < -0.4 is 15.4 Å². The standard InChI is InChI=1S/C31H38FN7O4/c1-19(40)30(41)38-13-11-27(24(32)15-38)43-28-10-7-21(14-25(28)33-2)29-34-18-35-31(37-29)36-22-8-5-20(6-9-22)26-4-3-12-39(26)23-16-42-17-23/h5-10,14,18-19,23-24,26-27,33,40H,3-4,11-13,15-17H2,1-2H3,(H,34,35,36,37)/t19-,24+,26+,27-/m0/s1. The third-order valence-corrected chi connectivity index (χ3v) is 8.44. The summed E-state index contributed by atoms with van der Waals surface area (Å²) in [5.41, 5.74) is 3.60. The minimum Gasteiger partial charge on any atom is -0.485 e. The highest BCUT2D eigenvalue weighted by molar-refractivity contribution is 5.80. The third kappa shape index (κ3) is 6.41. The molecule has 3 saturated heterocycles. The lowest BCUT2D eigenvalue weighted by atomic mass is 10.0. The Labute approximate surface area is 250 Å². The smallest absolute Gasteiger partial charge is 0.251 e. The molecule has 43 heavy (non-hydrogen) atoms. The molecule has 2 aromatic carbocycles. The lowest BCUT2D eigenvalue weighted by molar-refractivity contribution is -0.143. The van der Waals surface area contributed by atoms with E-state index in [2.05, 4.69) is 54.8 Å². The Morgan fingerprint density at radius 1 is 1.14 bits per heavy atom. The predicted octanol–water partition coefficient (Wildman–Crippen LogP) is 3.56. The average molecular weight is 592 g/mol. The molecule has 3 N–H and O–H groups in total. The van der Waals surface area contributed by atoms with Crippen molar-refractivity contribution in [3.05, 3.63) is 54.4 Å². The Balaban J connectivity index is 1.11. The van der Waals surface area contributed by atoms with Crippen molar-refractivity contribution in [3.63, 3.8) is 0 Å². The molecule has 228 valence electrons. The lowest BCUT2D eigenvalue weighted by Gasteiger charge is -2.38. The van der Waals surface area contributed by atoms with Crippen molar-refractivity contribution in [3.8, 4) is 17.1 Å². The first kappa shape index (κ1) is 29.2. The number of anilines is 3. The molecule has 3 aliphatic rings. The summed E-state index contributed by atoms with van der Waals surface area (Å²) in [7, 11) is 1.76. The minimum atomic E-state index is -1.37. The van der Waals surface area contributed by atoms with Gasteiger partial charge in [0.1, 0.15) is 24.3 Å². The maximum atomic E-state index is 14.9. The second-order valence-corrected chi connectivity index (χ2v) is 11.3. The summed E-state index contributed by atoms with van der Waals surface area (Å²) < 4.78 is 26.4. The SMILES string of the molecule is CNc1cc(-c2ncnc(Nc3ccc([C@H]4CCCN4C4COC4)cc3)n2)ccc1O[C@H]1CCN(C(=O)[C@H](C)O)C[C@H]1F. The minimum absolute atomic E-state index is 0.111. The fraction of sp³-hybridized carbons (Fsp3) is 0.484. The van der Waals surface area contributed by atoms with Crippen molar-refractivity contribution in [1.29, 1.82) is 0 Å². The van der Waals surface area contributed by atoms with Gasteiger partial charge in [0.25, 0.3) is 5.91 Å². The largest absolute Gasteiger partial charge is 0.485 e. The number of halogens is 1. The van der Waals surface area contributed by atoms with Gasteiger partial charge in [-0.25, -0.2) is 14.4 Å². The number of rotatable bonds is 9. The molecular weight excluding hydrogens is 553 g/mol. The summed E-state index contributed by atoms with van der Waals surface area (Å²) in [5, 5.41) is 15.9. The van der Waals surface area contributed by atoms with Gasteiger partial charge in [0, 0.05) is 37.3 Å². The zero-order chi connectivity index (χ0) is 29.9. The first-order chi connectivity index (χ1) is 20.9. The van der Waals surface area contributed by atoms with Gasteiger partial charge in [0.15, 0.2) is 12.0 Å². The number of aliphatic hydroxyl groups is 1. The van der Waals surface area contributed by atoms with Crippen molar-refractivity contribution >= 4 is 23.2 Å². The summed E-state index contributed by atoms with van der Waals surface area (Å²) in [6.45, 7) is 4.38. The monoisotopic (exact) mass is 591 g/mol. The molecule has 0 spiro atoms. The van der Waals surface area contributed by atoms with Crippen LogP contribution in [0.5, 0.6) is 5.75 Å². The second kappa shape index (κ2) is 12.8. The van der Waals surface area contributed by atoms with Gasteiger partial charge in [-0.2, -0.15) is 4.98 Å². The fourth-order valence-corrected chi connectivity index (χ4v) is 6.02. The first-order valence-electron chi connectivity index (χ1n) is 14.9. The Morgan fingerprint density at radius 2 is 1.95 bits per heavy atom. The van der Waals surface area contributed by atoms with Crippen LogP contribution in [0.25, 0.3) is 11.4 Å². The summed E-state index contributed by atoms with van der Waals surface area (Å²) in [5.74, 6) is 0.930. The summed E-state index contributed by atoms with van der Waals surface area (Å²) in [6.07, 6.45) is 0.927. The van der Waals surface area contributed by atoms with Gasteiger partial charge >= 0.3 is 0 Å². The molecule has 0 unspecified atom stereocenters. The highest BCUT2D eigenvalue weighted by Crippen LogP contribution is 2.36. The molecule has 11 nitrogen and oxygen atoms in total. The molecule has 0 bridgehead atoms. The van der Waals surface area contributed by atoms with Gasteiger partial charge in [-0.15, -0.1) is 0 Å². The Bertz CT molecular complexity index is 1420. The van der Waals surface area contributed by atoms with Crippen LogP contribution >= 0.6 is 0 Å². The number of ether oxygens (including phenoxy) is 2. The van der Waals surface area contributed by atoms with Gasteiger partial charge in [0.05, 0.1) is 31.5 Å². The number of nitrogens with zero attached hydrogens (tertiary/aromatic N) is 5. The van der Waals surface area contributed by atoms with Crippen LogP contribution in [0.15, 0.2) is 48.8 Å². The molecule has 4 atom stereocenters. The number of nitrogens with one attached hydrogen (secondary N) is 2. The summed E-state index contributed by atoms with van der Waals surface area (Å²) in [4.78, 5) is 29.2. The molecule has 6 rings (SSSR count). The number of hydrogen-bond donors (Lipinski definition) is 3. The number of aliphatic hydroxyl groups excluding tert-OH is 1. The number of alkyl halides is 1. The number of piperidine rings is 1. The van der Waals surface area contributed by atoms with E-state index in [0.717, 1.165) is 37.4 Å². The number of hydrogen-bond acceptors (Lipinski definition) is 10. The van der Waals surface area contributed by atoms with Gasteiger partial charge in [-0.3, -0.25) is 9.69 Å². The number of carbonyl (C=O) groups excluding carboxylic acids is 1. The number of carbonyl (C=O) groups is 1. The highest BCUT2D eigenvalue weighted by Gasteiger charge is 2.36. The molecule has 12 heteroatoms. The van der Waals surface area contributed by atoms with E-state index in [4.69, 9.17) is 9.47 Å². The average Bonchev–Trinajstić information content (AvgIpc) is 3.46. The van der Waals surface area contributed by atoms with Gasteiger partial charge in [-0.1, -0.05) is 12.1 Å². The molecule has 0 radical (unpaired) electrons. The molecule has 1 aromatic heterocycles. The maximum Gasteiger partial charge on any atom is 0.251 e. The van der Waals surface area contributed by atoms with Gasteiger partial charge in [0.2, 0.25) is 5.95 Å². The normalized spacial score (nSPS) is 23.4. The number of benzene rings is 2. The van der Waals surface area contributed by atoms with E-state index in [1.54, 1.807) is 13.1 Å². The van der Waals surface area contributed by atoms with E-state index in [0.29, 0.717) is 48.3 Å². The van der Waals surface area contributed by atoms with E-state index in [1.165, 1.54) is 30.1 Å². The number of aromatic nitrogens is 3. The number of amides is 1. The predicted molar refractivity (Wildman–Crippen MR) is 160 cm³/mol. The third-order valence-electron chi connectivity index (χ3n) is 8.44.